The minimum Gasteiger partial charge on any atom is -0.497 e. The Labute approximate surface area is 250 Å². The molecule has 0 bridgehead atoms. The molecular formula is C35H37BrN2O3. The lowest BCUT2D eigenvalue weighted by Crippen LogP contribution is -2.35. The monoisotopic (exact) mass is 612 g/mol. The number of methoxy groups -OCH3 is 2. The summed E-state index contributed by atoms with van der Waals surface area (Å²) in [7, 11) is 7.48. The van der Waals surface area contributed by atoms with E-state index in [0.29, 0.717) is 12.3 Å². The molecule has 6 heteroatoms. The van der Waals surface area contributed by atoms with E-state index in [9.17, 15) is 5.11 Å². The Hall–Kier alpha value is -3.45. The van der Waals surface area contributed by atoms with Gasteiger partial charge in [0.15, 0.2) is 0 Å². The number of benzene rings is 4. The lowest BCUT2D eigenvalue weighted by molar-refractivity contribution is 0.00689. The summed E-state index contributed by atoms with van der Waals surface area (Å²) in [5.74, 6) is 0.813. The predicted molar refractivity (Wildman–Crippen MR) is 171 cm³/mol. The van der Waals surface area contributed by atoms with Crippen molar-refractivity contribution in [3.05, 3.63) is 112 Å². The van der Waals surface area contributed by atoms with Gasteiger partial charge in [-0.05, 0) is 104 Å². The predicted octanol–water partition coefficient (Wildman–Crippen LogP) is 7.92. The fourth-order valence-corrected chi connectivity index (χ4v) is 6.14. The molecule has 0 aliphatic carbocycles. The van der Waals surface area contributed by atoms with Gasteiger partial charge in [0.25, 0.3) is 0 Å². The molecule has 1 N–H and O–H groups in total. The third kappa shape index (κ3) is 6.25. The highest BCUT2D eigenvalue weighted by atomic mass is 79.9. The second-order valence-corrected chi connectivity index (χ2v) is 11.8. The molecule has 1 aromatic heterocycles. The number of pyridine rings is 1. The Morgan fingerprint density at radius 1 is 0.829 bits per heavy atom. The topological polar surface area (TPSA) is 54.8 Å². The molecule has 1 heterocycles. The van der Waals surface area contributed by atoms with Crippen molar-refractivity contribution < 1.29 is 14.6 Å². The quantitative estimate of drug-likeness (QED) is 0.154. The highest BCUT2D eigenvalue weighted by molar-refractivity contribution is 9.10. The van der Waals surface area contributed by atoms with Crippen molar-refractivity contribution in [3.63, 3.8) is 0 Å². The molecule has 0 aliphatic heterocycles. The summed E-state index contributed by atoms with van der Waals surface area (Å²) in [6.45, 7) is 0.954. The lowest BCUT2D eigenvalue weighted by atomic mass is 9.70. The van der Waals surface area contributed by atoms with Crippen molar-refractivity contribution in [1.29, 1.82) is 0 Å². The van der Waals surface area contributed by atoms with Gasteiger partial charge >= 0.3 is 0 Å². The molecular weight excluding hydrogens is 576 g/mol. The Balaban J connectivity index is 1.75. The van der Waals surface area contributed by atoms with Crippen LogP contribution in [0.4, 0.5) is 0 Å². The van der Waals surface area contributed by atoms with E-state index >= 15 is 0 Å². The first kappa shape index (κ1) is 29.1. The molecule has 0 fully saturated rings. The van der Waals surface area contributed by atoms with Crippen LogP contribution in [-0.2, 0) is 5.60 Å². The van der Waals surface area contributed by atoms with Crippen LogP contribution in [-0.4, -0.2) is 49.9 Å². The minimum atomic E-state index is -1.25. The number of nitrogens with zero attached hydrogens (tertiary/aromatic N) is 2. The number of aromatic nitrogens is 1. The van der Waals surface area contributed by atoms with Gasteiger partial charge in [0.2, 0.25) is 5.88 Å². The molecule has 2 unspecified atom stereocenters. The molecule has 2 atom stereocenters. The van der Waals surface area contributed by atoms with E-state index in [1.807, 2.05) is 48.5 Å². The molecule has 0 radical (unpaired) electrons. The summed E-state index contributed by atoms with van der Waals surface area (Å²) < 4.78 is 12.4. The highest BCUT2D eigenvalue weighted by Crippen LogP contribution is 2.48. The van der Waals surface area contributed by atoms with Crippen LogP contribution in [0.25, 0.3) is 21.7 Å². The maximum Gasteiger partial charge on any atom is 0.217 e. The summed E-state index contributed by atoms with van der Waals surface area (Å²) in [5.41, 5.74) is 2.26. The second-order valence-electron chi connectivity index (χ2n) is 10.9. The number of hydrogen-bond donors (Lipinski definition) is 1. The van der Waals surface area contributed by atoms with E-state index in [1.54, 1.807) is 14.2 Å². The number of unbranched alkanes of at least 4 members (excludes halogenated alkanes) is 1. The van der Waals surface area contributed by atoms with Crippen LogP contribution in [0.15, 0.2) is 95.5 Å². The van der Waals surface area contributed by atoms with Crippen LogP contribution in [0.3, 0.4) is 0 Å². The van der Waals surface area contributed by atoms with E-state index in [4.69, 9.17) is 14.5 Å². The molecule has 0 saturated carbocycles. The number of hydrogen-bond acceptors (Lipinski definition) is 5. The number of fused-ring (bicyclic) bond motifs is 2. The van der Waals surface area contributed by atoms with Gasteiger partial charge in [0, 0.05) is 21.3 Å². The number of ether oxygens (including phenoxy) is 2. The van der Waals surface area contributed by atoms with E-state index in [2.05, 4.69) is 77.4 Å². The maximum atomic E-state index is 13.1. The molecule has 212 valence electrons. The first-order valence-electron chi connectivity index (χ1n) is 14.0. The van der Waals surface area contributed by atoms with Crippen LogP contribution < -0.4 is 9.47 Å². The van der Waals surface area contributed by atoms with E-state index < -0.39 is 11.5 Å². The van der Waals surface area contributed by atoms with Crippen LogP contribution in [0.1, 0.15) is 41.9 Å². The molecule has 4 aromatic carbocycles. The molecule has 5 nitrogen and oxygen atoms in total. The number of aliphatic hydroxyl groups is 1. The van der Waals surface area contributed by atoms with Gasteiger partial charge in [0.05, 0.1) is 19.7 Å². The van der Waals surface area contributed by atoms with Gasteiger partial charge in [-0.3, -0.25) is 0 Å². The molecule has 0 spiro atoms. The third-order valence-electron chi connectivity index (χ3n) is 7.86. The first-order chi connectivity index (χ1) is 19.8. The molecule has 0 amide bonds. The normalized spacial score (nSPS) is 13.8. The fourth-order valence-electron chi connectivity index (χ4n) is 5.76. The Morgan fingerprint density at radius 3 is 2.29 bits per heavy atom. The average molecular weight is 614 g/mol. The van der Waals surface area contributed by atoms with Crippen molar-refractivity contribution in [1.82, 2.24) is 9.88 Å². The van der Waals surface area contributed by atoms with E-state index in [1.165, 1.54) is 0 Å². The summed E-state index contributed by atoms with van der Waals surface area (Å²) in [6.07, 6.45) is 2.39. The zero-order valence-corrected chi connectivity index (χ0v) is 25.7. The molecule has 5 rings (SSSR count). The van der Waals surface area contributed by atoms with E-state index in [0.717, 1.165) is 68.0 Å². The maximum absolute atomic E-state index is 13.1. The van der Waals surface area contributed by atoms with Crippen molar-refractivity contribution in [2.24, 2.45) is 0 Å². The van der Waals surface area contributed by atoms with Gasteiger partial charge in [-0.15, -0.1) is 0 Å². The largest absolute Gasteiger partial charge is 0.497 e. The Morgan fingerprint density at radius 2 is 1.59 bits per heavy atom. The van der Waals surface area contributed by atoms with Gasteiger partial charge in [-0.2, -0.15) is 0 Å². The highest BCUT2D eigenvalue weighted by Gasteiger charge is 2.42. The number of rotatable bonds is 11. The van der Waals surface area contributed by atoms with E-state index in [-0.39, 0.29) is 0 Å². The van der Waals surface area contributed by atoms with Crippen molar-refractivity contribution >= 4 is 37.6 Å². The Bertz CT molecular complexity index is 1640. The van der Waals surface area contributed by atoms with Crippen molar-refractivity contribution in [2.45, 2.75) is 30.8 Å². The van der Waals surface area contributed by atoms with Gasteiger partial charge in [-0.25, -0.2) is 4.98 Å². The van der Waals surface area contributed by atoms with Crippen LogP contribution in [0.2, 0.25) is 0 Å². The van der Waals surface area contributed by atoms with Crippen LogP contribution in [0, 0.1) is 0 Å². The molecule has 41 heavy (non-hydrogen) atoms. The zero-order chi connectivity index (χ0) is 29.0. The van der Waals surface area contributed by atoms with Gasteiger partial charge in [0.1, 0.15) is 11.4 Å². The minimum absolute atomic E-state index is 0.459. The standard InChI is InChI=1S/C35H37BrN2O3/c1-38(2)20-8-7-19-35(39,28-14-11-24-9-5-6-10-26(24)21-28)33(25-12-16-30(40-3)17-13-25)31-23-27-22-29(36)15-18-32(27)37-34(31)41-4/h5-6,9-18,21-23,33,39H,7-8,19-20H2,1-4H3. The molecule has 0 saturated heterocycles. The van der Waals surface area contributed by atoms with Crippen LogP contribution in [0.5, 0.6) is 11.6 Å². The summed E-state index contributed by atoms with van der Waals surface area (Å²) in [4.78, 5) is 7.09. The summed E-state index contributed by atoms with van der Waals surface area (Å²) in [5, 5.41) is 16.3. The first-order valence-corrected chi connectivity index (χ1v) is 14.8. The summed E-state index contributed by atoms with van der Waals surface area (Å²) >= 11 is 3.62. The average Bonchev–Trinajstić information content (AvgIpc) is 2.99. The number of halogens is 1. The van der Waals surface area contributed by atoms with Gasteiger partial charge in [-0.1, -0.05) is 64.5 Å². The van der Waals surface area contributed by atoms with Crippen molar-refractivity contribution in [3.8, 4) is 11.6 Å². The second kappa shape index (κ2) is 12.6. The fraction of sp³-hybridized carbons (Fsp3) is 0.286. The smallest absolute Gasteiger partial charge is 0.217 e. The SMILES string of the molecule is COc1ccc(C(c2cc3cc(Br)ccc3nc2OC)C(O)(CCCCN(C)C)c2ccc3ccccc3c2)cc1. The third-order valence-corrected chi connectivity index (χ3v) is 8.36. The zero-order valence-electron chi connectivity index (χ0n) is 24.1. The Kier molecular flexibility index (Phi) is 8.93. The van der Waals surface area contributed by atoms with Crippen molar-refractivity contribution in [2.75, 3.05) is 34.9 Å². The molecule has 5 aromatic rings. The van der Waals surface area contributed by atoms with Crippen LogP contribution >= 0.6 is 15.9 Å². The summed E-state index contributed by atoms with van der Waals surface area (Å²) in [6, 6.07) is 30.7. The molecule has 0 aliphatic rings. The van der Waals surface area contributed by atoms with Gasteiger partial charge < -0.3 is 19.5 Å². The lowest BCUT2D eigenvalue weighted by Gasteiger charge is -2.38.